The van der Waals surface area contributed by atoms with Crippen LogP contribution in [0.2, 0.25) is 0 Å². The highest BCUT2D eigenvalue weighted by molar-refractivity contribution is 6.00. The summed E-state index contributed by atoms with van der Waals surface area (Å²) in [5, 5.41) is 12.8. The van der Waals surface area contributed by atoms with Crippen molar-refractivity contribution in [3.63, 3.8) is 0 Å². The van der Waals surface area contributed by atoms with Gasteiger partial charge in [0.2, 0.25) is 0 Å². The van der Waals surface area contributed by atoms with E-state index in [9.17, 15) is 9.90 Å². The van der Waals surface area contributed by atoms with Crippen LogP contribution in [0.25, 0.3) is 0 Å². The van der Waals surface area contributed by atoms with Crippen LogP contribution in [0.3, 0.4) is 0 Å². The number of rotatable bonds is 3. The lowest BCUT2D eigenvalue weighted by Gasteiger charge is -2.72. The van der Waals surface area contributed by atoms with Crippen LogP contribution < -0.4 is 5.73 Å². The van der Waals surface area contributed by atoms with Crippen molar-refractivity contribution in [1.82, 2.24) is 9.80 Å². The van der Waals surface area contributed by atoms with E-state index < -0.39 is 16.4 Å². The van der Waals surface area contributed by atoms with E-state index in [4.69, 9.17) is 15.2 Å². The highest BCUT2D eigenvalue weighted by Gasteiger charge is 2.93. The summed E-state index contributed by atoms with van der Waals surface area (Å²) in [4.78, 5) is 36.0. The summed E-state index contributed by atoms with van der Waals surface area (Å²) in [5.74, 6) is 2.46. The Bertz CT molecular complexity index is 2250. The number of aliphatic hydroxyl groups is 1. The Morgan fingerprint density at radius 1 is 0.949 bits per heavy atom. The Morgan fingerprint density at radius 2 is 1.76 bits per heavy atom. The fourth-order valence-corrected chi connectivity index (χ4v) is 16.2. The predicted molar refractivity (Wildman–Crippen MR) is 225 cm³/mol. The minimum Gasteiger partial charge on any atom is -0.509 e. The van der Waals surface area contributed by atoms with E-state index >= 15 is 4.79 Å². The molecule has 59 heavy (non-hydrogen) atoms. The molecule has 8 nitrogen and oxygen atoms in total. The molecule has 13 bridgehead atoms. The number of hydrogen-bond donors (Lipinski definition) is 2. The number of carbonyl (C=O) groups excluding carboxylic acids is 2. The van der Waals surface area contributed by atoms with E-state index in [2.05, 4.69) is 72.2 Å². The highest BCUT2D eigenvalue weighted by Crippen LogP contribution is 2.87. The molecule has 13 aliphatic rings. The molecule has 15 rings (SSSR count). The van der Waals surface area contributed by atoms with Gasteiger partial charge in [-0.1, -0.05) is 73.0 Å². The van der Waals surface area contributed by atoms with Gasteiger partial charge in [0.15, 0.2) is 11.4 Å². The molecule has 8 heterocycles. The molecule has 8 heteroatoms. The molecule has 310 valence electrons. The molecule has 3 N–H and O–H groups in total. The van der Waals surface area contributed by atoms with Crippen LogP contribution in [0, 0.1) is 52.3 Å². The maximum absolute atomic E-state index is 15.8. The predicted octanol–water partition coefficient (Wildman–Crippen LogP) is 8.15. The molecule has 12 atom stereocenters. The third-order valence-electron chi connectivity index (χ3n) is 18.0. The summed E-state index contributed by atoms with van der Waals surface area (Å²) in [6, 6.07) is 15.7. The van der Waals surface area contributed by atoms with Gasteiger partial charge in [0.05, 0.1) is 11.0 Å². The fraction of sp³-hybridized carbons (Fsp3) is 0.608. The number of benzene rings is 2. The van der Waals surface area contributed by atoms with Crippen molar-refractivity contribution in [3.8, 4) is 0 Å². The van der Waals surface area contributed by atoms with Crippen LogP contribution in [-0.2, 0) is 39.1 Å². The molecule has 4 fully saturated rings. The van der Waals surface area contributed by atoms with Gasteiger partial charge in [-0.05, 0) is 130 Å². The van der Waals surface area contributed by atoms with Crippen LogP contribution in [0.15, 0.2) is 76.9 Å². The van der Waals surface area contributed by atoms with E-state index in [0.29, 0.717) is 66.7 Å². The lowest BCUT2D eigenvalue weighted by molar-refractivity contribution is -0.279. The number of ether oxygens (including phenoxy) is 2. The first-order valence-corrected chi connectivity index (χ1v) is 23.4. The second-order valence-corrected chi connectivity index (χ2v) is 20.8. The van der Waals surface area contributed by atoms with Gasteiger partial charge >= 0.3 is 11.9 Å². The Kier molecular flexibility index (Phi) is 8.18. The number of allylic oxidation sites excluding steroid dienone is 2. The van der Waals surface area contributed by atoms with E-state index in [1.54, 1.807) is 0 Å². The van der Waals surface area contributed by atoms with Crippen molar-refractivity contribution in [2.75, 3.05) is 32.7 Å². The summed E-state index contributed by atoms with van der Waals surface area (Å²) in [7, 11) is 0. The van der Waals surface area contributed by atoms with Crippen molar-refractivity contribution < 1.29 is 24.2 Å². The number of aliphatic hydroxyl groups excluding tert-OH is 1. The van der Waals surface area contributed by atoms with Gasteiger partial charge < -0.3 is 25.2 Å². The number of hydrogen-bond acceptors (Lipinski definition) is 8. The lowest BCUT2D eigenvalue weighted by Crippen LogP contribution is -2.77. The molecule has 0 amide bonds. The van der Waals surface area contributed by atoms with E-state index in [1.807, 2.05) is 0 Å². The molecule has 0 aromatic heterocycles. The minimum absolute atomic E-state index is 0.0698. The highest BCUT2D eigenvalue weighted by atomic mass is 16.6. The zero-order chi connectivity index (χ0) is 40.0. The average molecular weight is 796 g/mol. The maximum Gasteiger partial charge on any atom is 0.339 e. The number of carbonyl (C=O) groups is 2. The Morgan fingerprint density at radius 3 is 2.59 bits per heavy atom. The molecule has 1 unspecified atom stereocenters. The molecule has 3 saturated heterocycles. The van der Waals surface area contributed by atoms with E-state index in [-0.39, 0.29) is 35.6 Å². The largest absolute Gasteiger partial charge is 0.509 e. The molecular formula is C51H61N3O5. The maximum atomic E-state index is 15.8. The molecule has 1 saturated carbocycles. The molecule has 3 spiro atoms. The van der Waals surface area contributed by atoms with E-state index in [0.717, 1.165) is 95.1 Å². The van der Waals surface area contributed by atoms with Gasteiger partial charge in [-0.2, -0.15) is 0 Å². The molecule has 2 aromatic rings. The minimum atomic E-state index is -1.13. The van der Waals surface area contributed by atoms with Crippen molar-refractivity contribution in [2.45, 2.75) is 109 Å². The number of piperidine rings is 2. The summed E-state index contributed by atoms with van der Waals surface area (Å²) in [6.07, 6.45) is 13.6. The molecule has 0 radical (unpaired) electrons. The third kappa shape index (κ3) is 4.69. The van der Waals surface area contributed by atoms with Gasteiger partial charge in [0, 0.05) is 61.7 Å². The van der Waals surface area contributed by atoms with Gasteiger partial charge in [0.1, 0.15) is 11.2 Å². The van der Waals surface area contributed by atoms with E-state index in [1.165, 1.54) is 34.4 Å². The number of aryl methyl sites for hydroxylation is 2. The average Bonchev–Trinajstić information content (AvgIpc) is 3.68. The first-order valence-electron chi connectivity index (χ1n) is 23.4. The van der Waals surface area contributed by atoms with Crippen LogP contribution in [0.1, 0.15) is 111 Å². The van der Waals surface area contributed by atoms with Crippen molar-refractivity contribution in [3.05, 3.63) is 105 Å². The first kappa shape index (κ1) is 36.9. The second-order valence-electron chi connectivity index (χ2n) is 20.8. The molecule has 8 aliphatic heterocycles. The number of esters is 2. The van der Waals surface area contributed by atoms with Gasteiger partial charge in [0.25, 0.3) is 0 Å². The number of nitrogens with two attached hydrogens (primary N) is 1. The molecular weight excluding hydrogens is 735 g/mol. The summed E-state index contributed by atoms with van der Waals surface area (Å²) in [6.45, 7) is 9.45. The van der Waals surface area contributed by atoms with Gasteiger partial charge in [-0.15, -0.1) is 0 Å². The third-order valence-corrected chi connectivity index (χ3v) is 18.0. The van der Waals surface area contributed by atoms with Gasteiger partial charge in [-0.3, -0.25) is 9.69 Å². The van der Waals surface area contributed by atoms with Crippen LogP contribution in [0.5, 0.6) is 0 Å². The lowest BCUT2D eigenvalue weighted by atomic mass is 9.28. The number of fused-ring (bicyclic) bond motifs is 7. The quantitative estimate of drug-likeness (QED) is 0.237. The monoisotopic (exact) mass is 795 g/mol. The summed E-state index contributed by atoms with van der Waals surface area (Å²) in [5.41, 5.74) is 12.4. The first-order chi connectivity index (χ1) is 28.7. The topological polar surface area (TPSA) is 105 Å². The smallest absolute Gasteiger partial charge is 0.339 e. The normalized spacial score (nSPS) is 42.6. The SMILES string of the molecule is C[C@H]1CC=C2[C@@H]3C4=C5C[C@H](Cc6cccc(c6)CCCC[C@H]6[C@]57C(=O)O/C(=C(\O)C[C@H](C)N5C[C@@H]8C[C@@H](CN2C8)C5)[C@@]7(CC4)[C@]62OC(=O)c4c(CCCN)cccc42)[C@@H]31. The Balaban J connectivity index is 1.15. The van der Waals surface area contributed by atoms with Crippen LogP contribution in [-0.4, -0.2) is 65.6 Å². The van der Waals surface area contributed by atoms with Crippen molar-refractivity contribution in [2.24, 2.45) is 58.0 Å². The van der Waals surface area contributed by atoms with Crippen LogP contribution >= 0.6 is 0 Å². The second kappa shape index (κ2) is 13.1. The fourth-order valence-electron chi connectivity index (χ4n) is 16.2. The molecule has 5 aliphatic carbocycles. The standard InChI is InChI=1S/C51H61N3O5/c1-29-15-16-40-45-37-17-18-49-46(41(55)20-30(2)53-25-33-22-34(26-53)28-54(40)27-33)58-48(57)50(49)39(37)24-36(43(29)45)23-32-10-5-9-31(21-32)8-3-4-14-42(50)51(49)38-13-6-11-35(12-7-19-52)44(38)47(56)59-51/h5-6,9-11,13,16,21,29-30,33-34,36,42-43,45,55H,3-4,7-8,12,14-15,17-20,22-28,52H2,1-2H3/b46-41-/t29-,30-,33-,34+,36-,42-,43-,45-,49+,50-,51+/m0/s1. The molecule has 2 aromatic carbocycles. The Hall–Kier alpha value is -3.88. The number of nitrogens with zero attached hydrogens (tertiary/aromatic N) is 2. The zero-order valence-electron chi connectivity index (χ0n) is 35.0. The summed E-state index contributed by atoms with van der Waals surface area (Å²) >= 11 is 0. The van der Waals surface area contributed by atoms with Crippen molar-refractivity contribution in [1.29, 1.82) is 0 Å². The van der Waals surface area contributed by atoms with Crippen LogP contribution in [0.4, 0.5) is 0 Å². The Labute approximate surface area is 349 Å². The zero-order valence-corrected chi connectivity index (χ0v) is 35.0. The van der Waals surface area contributed by atoms with Crippen molar-refractivity contribution >= 4 is 11.9 Å². The summed E-state index contributed by atoms with van der Waals surface area (Å²) < 4.78 is 14.0. The van der Waals surface area contributed by atoms with Gasteiger partial charge in [-0.25, -0.2) is 4.79 Å².